The van der Waals surface area contributed by atoms with Gasteiger partial charge in [0.1, 0.15) is 5.82 Å². The van der Waals surface area contributed by atoms with Crippen LogP contribution in [0.2, 0.25) is 0 Å². The average molecular weight is 273 g/mol. The number of amides is 1. The minimum atomic E-state index is -0.553. The highest BCUT2D eigenvalue weighted by Crippen LogP contribution is 2.05. The van der Waals surface area contributed by atoms with E-state index in [1.807, 2.05) is 37.3 Å². The molecule has 1 amide bonds. The number of nitrogens with two attached hydrogens (primary N) is 1. The van der Waals surface area contributed by atoms with Gasteiger partial charge in [0.15, 0.2) is 5.82 Å². The number of benzene rings is 1. The van der Waals surface area contributed by atoms with Crippen molar-refractivity contribution in [3.8, 4) is 0 Å². The molecular weight excluding hydrogens is 254 g/mol. The molecule has 0 bridgehead atoms. The van der Waals surface area contributed by atoms with Crippen molar-refractivity contribution >= 4 is 5.91 Å². The Morgan fingerprint density at radius 2 is 2.10 bits per heavy atom. The van der Waals surface area contributed by atoms with Gasteiger partial charge in [0.05, 0.1) is 12.6 Å². The lowest BCUT2D eigenvalue weighted by atomic mass is 10.1. The molecule has 6 nitrogen and oxygen atoms in total. The van der Waals surface area contributed by atoms with E-state index in [2.05, 4.69) is 15.2 Å². The molecule has 106 valence electrons. The number of hydrogen-bond acceptors (Lipinski definition) is 4. The molecule has 1 aromatic carbocycles. The Morgan fingerprint density at radius 3 is 2.70 bits per heavy atom. The monoisotopic (exact) mass is 273 g/mol. The third-order valence-electron chi connectivity index (χ3n) is 3.01. The Balaban J connectivity index is 1.92. The summed E-state index contributed by atoms with van der Waals surface area (Å²) in [6.07, 6.45) is 0.525. The average Bonchev–Trinajstić information content (AvgIpc) is 2.84. The van der Waals surface area contributed by atoms with Crippen molar-refractivity contribution in [3.63, 3.8) is 0 Å². The molecule has 0 aliphatic rings. The third kappa shape index (κ3) is 3.64. The van der Waals surface area contributed by atoms with Crippen LogP contribution in [0.5, 0.6) is 0 Å². The van der Waals surface area contributed by atoms with Crippen LogP contribution in [-0.4, -0.2) is 39.1 Å². The summed E-state index contributed by atoms with van der Waals surface area (Å²) >= 11 is 0. The molecule has 1 unspecified atom stereocenters. The second kappa shape index (κ2) is 6.29. The van der Waals surface area contributed by atoms with E-state index < -0.39 is 6.04 Å². The molecule has 1 atom stereocenters. The fourth-order valence-electron chi connectivity index (χ4n) is 1.99. The normalized spacial score (nSPS) is 12.2. The predicted octanol–water partition coefficient (Wildman–Crippen LogP) is 0.642. The summed E-state index contributed by atoms with van der Waals surface area (Å²) < 4.78 is 0. The number of H-pyrrole nitrogens is 1. The number of nitrogens with one attached hydrogen (secondary N) is 1. The summed E-state index contributed by atoms with van der Waals surface area (Å²) in [7, 11) is 1.71. The molecule has 1 heterocycles. The summed E-state index contributed by atoms with van der Waals surface area (Å²) in [5, 5.41) is 6.76. The maximum Gasteiger partial charge on any atom is 0.239 e. The SMILES string of the molecule is Cc1nc(CN(C)C(=O)C(N)Cc2ccccc2)n[nH]1. The van der Waals surface area contributed by atoms with Crippen LogP contribution in [-0.2, 0) is 17.8 Å². The number of aromatic amines is 1. The van der Waals surface area contributed by atoms with Gasteiger partial charge in [-0.25, -0.2) is 4.98 Å². The standard InChI is InChI=1S/C14H19N5O/c1-10-16-13(18-17-10)9-19(2)14(20)12(15)8-11-6-4-3-5-7-11/h3-7,12H,8-9,15H2,1-2H3,(H,16,17,18). The minimum Gasteiger partial charge on any atom is -0.337 e. The van der Waals surface area contributed by atoms with E-state index >= 15 is 0 Å². The molecule has 2 rings (SSSR count). The number of nitrogens with zero attached hydrogens (tertiary/aromatic N) is 3. The number of aromatic nitrogens is 3. The fraction of sp³-hybridized carbons (Fsp3) is 0.357. The van der Waals surface area contributed by atoms with E-state index in [-0.39, 0.29) is 5.91 Å². The van der Waals surface area contributed by atoms with E-state index in [0.717, 1.165) is 11.4 Å². The first-order valence-electron chi connectivity index (χ1n) is 6.48. The van der Waals surface area contributed by atoms with E-state index in [0.29, 0.717) is 18.8 Å². The Labute approximate surface area is 118 Å². The molecule has 6 heteroatoms. The van der Waals surface area contributed by atoms with E-state index in [9.17, 15) is 4.79 Å². The molecule has 3 N–H and O–H groups in total. The lowest BCUT2D eigenvalue weighted by Gasteiger charge is -2.20. The van der Waals surface area contributed by atoms with Crippen molar-refractivity contribution in [3.05, 3.63) is 47.5 Å². The summed E-state index contributed by atoms with van der Waals surface area (Å²) in [5.74, 6) is 1.20. The van der Waals surface area contributed by atoms with Crippen LogP contribution in [0.3, 0.4) is 0 Å². The molecule has 0 radical (unpaired) electrons. The topological polar surface area (TPSA) is 87.9 Å². The number of hydrogen-bond donors (Lipinski definition) is 2. The Bertz CT molecular complexity index is 566. The third-order valence-corrected chi connectivity index (χ3v) is 3.01. The quantitative estimate of drug-likeness (QED) is 0.837. The summed E-state index contributed by atoms with van der Waals surface area (Å²) in [5.41, 5.74) is 7.02. The second-order valence-electron chi connectivity index (χ2n) is 4.83. The first-order chi connectivity index (χ1) is 9.56. The molecule has 0 saturated heterocycles. The first-order valence-corrected chi connectivity index (χ1v) is 6.48. The molecule has 2 aromatic rings. The number of aryl methyl sites for hydroxylation is 1. The van der Waals surface area contributed by atoms with Gasteiger partial charge in [0, 0.05) is 7.05 Å². The molecule has 1 aromatic heterocycles. The first kappa shape index (κ1) is 14.2. The molecule has 20 heavy (non-hydrogen) atoms. The highest BCUT2D eigenvalue weighted by atomic mass is 16.2. The van der Waals surface area contributed by atoms with Crippen LogP contribution >= 0.6 is 0 Å². The lowest BCUT2D eigenvalue weighted by molar-refractivity contribution is -0.131. The highest BCUT2D eigenvalue weighted by molar-refractivity contribution is 5.81. The largest absolute Gasteiger partial charge is 0.337 e. The zero-order valence-corrected chi connectivity index (χ0v) is 11.7. The van der Waals surface area contributed by atoms with Crippen molar-refractivity contribution in [2.24, 2.45) is 5.73 Å². The van der Waals surface area contributed by atoms with Crippen LogP contribution in [0, 0.1) is 6.92 Å². The van der Waals surface area contributed by atoms with Crippen molar-refractivity contribution in [1.29, 1.82) is 0 Å². The smallest absolute Gasteiger partial charge is 0.239 e. The van der Waals surface area contributed by atoms with Gasteiger partial charge in [-0.3, -0.25) is 9.89 Å². The molecule has 0 saturated carbocycles. The Morgan fingerprint density at radius 1 is 1.40 bits per heavy atom. The Kier molecular flexibility index (Phi) is 4.47. The molecule has 0 aliphatic heterocycles. The molecule has 0 aliphatic carbocycles. The predicted molar refractivity (Wildman–Crippen MR) is 75.7 cm³/mol. The van der Waals surface area contributed by atoms with Gasteiger partial charge in [-0.15, -0.1) is 0 Å². The second-order valence-corrected chi connectivity index (χ2v) is 4.83. The van der Waals surface area contributed by atoms with Crippen LogP contribution < -0.4 is 5.73 Å². The van der Waals surface area contributed by atoms with Crippen LogP contribution in [0.15, 0.2) is 30.3 Å². The van der Waals surface area contributed by atoms with E-state index in [1.165, 1.54) is 0 Å². The maximum absolute atomic E-state index is 12.2. The number of carbonyl (C=O) groups excluding carboxylic acids is 1. The van der Waals surface area contributed by atoms with Crippen molar-refractivity contribution in [2.45, 2.75) is 25.9 Å². The summed E-state index contributed by atoms with van der Waals surface area (Å²) in [4.78, 5) is 17.9. The zero-order valence-electron chi connectivity index (χ0n) is 11.7. The number of likely N-dealkylation sites (N-methyl/N-ethyl adjacent to an activating group) is 1. The molecular formula is C14H19N5O. The van der Waals surface area contributed by atoms with Gasteiger partial charge in [-0.2, -0.15) is 5.10 Å². The zero-order chi connectivity index (χ0) is 14.5. The fourth-order valence-corrected chi connectivity index (χ4v) is 1.99. The van der Waals surface area contributed by atoms with Crippen molar-refractivity contribution in [2.75, 3.05) is 7.05 Å². The van der Waals surface area contributed by atoms with E-state index in [4.69, 9.17) is 5.73 Å². The highest BCUT2D eigenvalue weighted by Gasteiger charge is 2.19. The van der Waals surface area contributed by atoms with Gasteiger partial charge in [-0.05, 0) is 18.9 Å². The van der Waals surface area contributed by atoms with Crippen LogP contribution in [0.1, 0.15) is 17.2 Å². The molecule has 0 spiro atoms. The van der Waals surface area contributed by atoms with Gasteiger partial charge in [0.2, 0.25) is 5.91 Å². The van der Waals surface area contributed by atoms with Crippen LogP contribution in [0.25, 0.3) is 0 Å². The van der Waals surface area contributed by atoms with Gasteiger partial charge in [-0.1, -0.05) is 30.3 Å². The van der Waals surface area contributed by atoms with Crippen LogP contribution in [0.4, 0.5) is 0 Å². The maximum atomic E-state index is 12.2. The summed E-state index contributed by atoms with van der Waals surface area (Å²) in [6.45, 7) is 2.17. The Hall–Kier alpha value is -2.21. The number of rotatable bonds is 5. The van der Waals surface area contributed by atoms with Crippen molar-refractivity contribution in [1.82, 2.24) is 20.1 Å². The number of carbonyl (C=O) groups is 1. The van der Waals surface area contributed by atoms with Gasteiger partial charge in [0.25, 0.3) is 0 Å². The van der Waals surface area contributed by atoms with Gasteiger partial charge < -0.3 is 10.6 Å². The van der Waals surface area contributed by atoms with Gasteiger partial charge >= 0.3 is 0 Å². The summed E-state index contributed by atoms with van der Waals surface area (Å²) in [6, 6.07) is 9.19. The molecule has 0 fully saturated rings. The van der Waals surface area contributed by atoms with Crippen molar-refractivity contribution < 1.29 is 4.79 Å². The minimum absolute atomic E-state index is 0.115. The van der Waals surface area contributed by atoms with E-state index in [1.54, 1.807) is 11.9 Å². The lowest BCUT2D eigenvalue weighted by Crippen LogP contribution is -2.42.